The average Bonchev–Trinajstić information content (AvgIpc) is 2.87. The molecule has 0 amide bonds. The monoisotopic (exact) mass is 679 g/mol. The van der Waals surface area contributed by atoms with E-state index in [4.69, 9.17) is 18.8 Å². The van der Waals surface area contributed by atoms with Gasteiger partial charge in [-0.25, -0.2) is 0 Å². The van der Waals surface area contributed by atoms with Crippen LogP contribution in [0.1, 0.15) is 6.42 Å². The summed E-state index contributed by atoms with van der Waals surface area (Å²) in [5.41, 5.74) is 0. The second kappa shape index (κ2) is 15.0. The van der Waals surface area contributed by atoms with E-state index in [-0.39, 0.29) is 0 Å². The first-order valence-electron chi connectivity index (χ1n) is 10.6. The molecule has 0 aliphatic rings. The quantitative estimate of drug-likeness (QED) is 0.187. The summed E-state index contributed by atoms with van der Waals surface area (Å²) in [6.45, 7) is 0. The third kappa shape index (κ3) is 8.10. The molecule has 0 fully saturated rings. The molecule has 0 nitrogen and oxygen atoms in total. The van der Waals surface area contributed by atoms with Crippen molar-refractivity contribution in [3.05, 3.63) is 121 Å². The van der Waals surface area contributed by atoms with Crippen molar-refractivity contribution in [2.45, 2.75) is 6.42 Å². The Morgan fingerprint density at radius 2 is 0.656 bits per heavy atom. The van der Waals surface area contributed by atoms with Crippen LogP contribution >= 0.6 is 34.7 Å². The molecule has 0 spiro atoms. The van der Waals surface area contributed by atoms with Crippen LogP contribution in [0.25, 0.3) is 0 Å². The van der Waals surface area contributed by atoms with E-state index in [0.29, 0.717) is 0 Å². The van der Waals surface area contributed by atoms with Gasteiger partial charge in [0, 0.05) is 6.42 Å². The van der Waals surface area contributed by atoms with E-state index in [9.17, 15) is 0 Å². The smallest absolute Gasteiger partial charge is 0.0620 e. The molecule has 0 N–H and O–H groups in total. The van der Waals surface area contributed by atoms with Crippen molar-refractivity contribution in [2.75, 3.05) is 12.3 Å². The van der Waals surface area contributed by atoms with Crippen LogP contribution in [-0.4, -0.2) is 12.3 Å². The minimum absolute atomic E-state index is 0.472. The standard InChI is InChI=1S/C27H26P2.2ClH.Pt/c1-5-14-24(15-6-1)28(25-16-7-2-8-17-25)22-13-23-29(26-18-9-3-10-19-26)27-20-11-4-12-21-27;;;/h1-12,14-21H,13,22-23H2;2*1H;/q;;;+2. The van der Waals surface area contributed by atoms with Crippen LogP contribution in [0.2, 0.25) is 0 Å². The molecule has 4 rings (SSSR count). The third-order valence-electron chi connectivity index (χ3n) is 5.34. The van der Waals surface area contributed by atoms with Crippen molar-refractivity contribution in [1.82, 2.24) is 0 Å². The van der Waals surface area contributed by atoms with Gasteiger partial charge in [-0.2, -0.15) is 0 Å². The van der Waals surface area contributed by atoms with E-state index in [1.165, 1.54) is 40.0 Å². The maximum absolute atomic E-state index is 4.88. The molecule has 168 valence electrons. The molecule has 4 aromatic rings. The number of halogens is 2. The van der Waals surface area contributed by atoms with Crippen molar-refractivity contribution < 1.29 is 16.5 Å². The van der Waals surface area contributed by atoms with Gasteiger partial charge in [0.2, 0.25) is 0 Å². The summed E-state index contributed by atoms with van der Waals surface area (Å²) in [4.78, 5) is 0. The number of benzene rings is 4. The summed E-state index contributed by atoms with van der Waals surface area (Å²) in [5.74, 6) is 0. The predicted octanol–water partition coefficient (Wildman–Crippen LogP) is 6.48. The van der Waals surface area contributed by atoms with Gasteiger partial charge < -0.3 is 0 Å². The first-order chi connectivity index (χ1) is 15.8. The van der Waals surface area contributed by atoms with Gasteiger partial charge in [-0.15, -0.1) is 0 Å². The first kappa shape index (κ1) is 25.6. The second-order valence-corrected chi connectivity index (χ2v) is 15.8. The van der Waals surface area contributed by atoms with Gasteiger partial charge in [0.1, 0.15) is 0 Å². The van der Waals surface area contributed by atoms with Crippen LogP contribution in [0.4, 0.5) is 0 Å². The third-order valence-corrected chi connectivity index (χ3v) is 11.2. The van der Waals surface area contributed by atoms with Crippen molar-refractivity contribution in [2.24, 2.45) is 0 Å². The topological polar surface area (TPSA) is 0 Å². The Morgan fingerprint density at radius 1 is 0.438 bits per heavy atom. The van der Waals surface area contributed by atoms with E-state index in [0.717, 1.165) is 0 Å². The Labute approximate surface area is 211 Å². The Balaban J connectivity index is 0.000000913. The summed E-state index contributed by atoms with van der Waals surface area (Å²) in [6.07, 6.45) is 3.84. The Morgan fingerprint density at radius 3 is 0.875 bits per heavy atom. The fraction of sp³-hybridized carbons (Fsp3) is 0.111. The zero-order valence-corrected chi connectivity index (χ0v) is 23.5. The summed E-state index contributed by atoms with van der Waals surface area (Å²) in [7, 11) is 8.27. The van der Waals surface area contributed by atoms with E-state index < -0.39 is 32.3 Å². The molecule has 0 atom stereocenters. The van der Waals surface area contributed by atoms with E-state index in [1.54, 1.807) is 0 Å². The largest absolute Gasteiger partial charge is 0.0966 e. The number of hydrogen-bond acceptors (Lipinski definition) is 0. The Kier molecular flexibility index (Phi) is 12.0. The predicted molar refractivity (Wildman–Crippen MR) is 147 cm³/mol. The van der Waals surface area contributed by atoms with Gasteiger partial charge in [-0.3, -0.25) is 0 Å². The fourth-order valence-corrected chi connectivity index (χ4v) is 9.52. The maximum atomic E-state index is 4.88. The molecular formula is C27H28Cl2P2Pt+2. The van der Waals surface area contributed by atoms with Gasteiger partial charge >= 0.3 is 35.3 Å². The number of hydrogen-bond donors (Lipinski definition) is 0. The zero-order chi connectivity index (χ0) is 22.4. The zero-order valence-electron chi connectivity index (χ0n) is 17.7. The minimum atomic E-state index is -0.742. The molecule has 0 aliphatic carbocycles. The number of rotatable bonds is 8. The van der Waals surface area contributed by atoms with Crippen LogP contribution in [0.15, 0.2) is 121 Å². The Bertz CT molecular complexity index is 841. The molecule has 0 saturated heterocycles. The van der Waals surface area contributed by atoms with E-state index >= 15 is 0 Å². The minimum Gasteiger partial charge on any atom is -0.0620 e. The molecule has 32 heavy (non-hydrogen) atoms. The molecule has 0 aromatic heterocycles. The maximum Gasteiger partial charge on any atom is 0.0966 e. The van der Waals surface area contributed by atoms with E-state index in [1.807, 2.05) is 0 Å². The van der Waals surface area contributed by atoms with Crippen molar-refractivity contribution in [3.63, 3.8) is 0 Å². The molecule has 0 radical (unpaired) electrons. The molecule has 0 aliphatic heterocycles. The molecule has 0 unspecified atom stereocenters. The van der Waals surface area contributed by atoms with Crippen molar-refractivity contribution >= 4 is 55.9 Å². The van der Waals surface area contributed by atoms with Crippen LogP contribution in [-0.2, 0) is 16.5 Å². The van der Waals surface area contributed by atoms with Crippen molar-refractivity contribution in [3.8, 4) is 0 Å². The van der Waals surface area contributed by atoms with Crippen LogP contribution in [0.3, 0.4) is 0 Å². The molecule has 0 heterocycles. The molecule has 5 heteroatoms. The first-order valence-corrected chi connectivity index (χ1v) is 19.6. The summed E-state index contributed by atoms with van der Waals surface area (Å²) < 4.78 is 0. The van der Waals surface area contributed by atoms with Crippen LogP contribution < -0.4 is 21.2 Å². The SMILES string of the molecule is [Cl][Pt][Cl].c1ccc([PH+](CCC[PH+](c2ccccc2)c2ccccc2)c2ccccc2)cc1. The molecule has 0 saturated carbocycles. The summed E-state index contributed by atoms with van der Waals surface area (Å²) in [5, 5.41) is 6.10. The average molecular weight is 680 g/mol. The second-order valence-electron chi connectivity index (χ2n) is 7.32. The Hall–Kier alpha value is -0.992. The van der Waals surface area contributed by atoms with Gasteiger partial charge in [-0.1, -0.05) is 72.8 Å². The summed E-state index contributed by atoms with van der Waals surface area (Å²) in [6, 6.07) is 44.6. The van der Waals surface area contributed by atoms with Gasteiger partial charge in [0.05, 0.1) is 49.4 Å². The van der Waals surface area contributed by atoms with Crippen LogP contribution in [0.5, 0.6) is 0 Å². The van der Waals surface area contributed by atoms with Gasteiger partial charge in [0.25, 0.3) is 0 Å². The fourth-order valence-electron chi connectivity index (χ4n) is 3.91. The normalized spacial score (nSPS) is 10.8. The van der Waals surface area contributed by atoms with Crippen molar-refractivity contribution in [1.29, 1.82) is 0 Å². The molecule has 0 bridgehead atoms. The van der Waals surface area contributed by atoms with Gasteiger partial charge in [-0.05, 0) is 48.5 Å². The van der Waals surface area contributed by atoms with E-state index in [2.05, 4.69) is 121 Å². The molecule has 4 aromatic carbocycles. The molecular weight excluding hydrogens is 652 g/mol. The summed E-state index contributed by atoms with van der Waals surface area (Å²) >= 11 is -0.472. The van der Waals surface area contributed by atoms with Crippen LogP contribution in [0, 0.1) is 0 Å². The van der Waals surface area contributed by atoms with Gasteiger partial charge in [0.15, 0.2) is 0 Å².